The molecule has 1 fully saturated rings. The van der Waals surface area contributed by atoms with Crippen molar-refractivity contribution >= 4 is 11.3 Å². The van der Waals surface area contributed by atoms with Gasteiger partial charge in [-0.05, 0) is 53.9 Å². The highest BCUT2D eigenvalue weighted by Gasteiger charge is 2.16. The molecule has 2 aromatic rings. The maximum absolute atomic E-state index is 3.54. The highest BCUT2D eigenvalue weighted by atomic mass is 32.1. The summed E-state index contributed by atoms with van der Waals surface area (Å²) in [6.45, 7) is 9.33. The lowest BCUT2D eigenvalue weighted by atomic mass is 10.2. The summed E-state index contributed by atoms with van der Waals surface area (Å²) in [7, 11) is 0. The molecule has 4 heteroatoms. The Morgan fingerprint density at radius 1 is 0.875 bits per heavy atom. The Morgan fingerprint density at radius 2 is 1.67 bits per heavy atom. The summed E-state index contributed by atoms with van der Waals surface area (Å²) in [5.74, 6) is 0. The van der Waals surface area contributed by atoms with Gasteiger partial charge in [-0.25, -0.2) is 0 Å². The molecule has 1 saturated heterocycles. The summed E-state index contributed by atoms with van der Waals surface area (Å²) < 4.78 is 0. The number of benzene rings is 1. The Morgan fingerprint density at radius 3 is 2.42 bits per heavy atom. The van der Waals surface area contributed by atoms with Crippen LogP contribution in [-0.2, 0) is 13.1 Å². The van der Waals surface area contributed by atoms with E-state index in [1.165, 1.54) is 56.7 Å². The van der Waals surface area contributed by atoms with Crippen LogP contribution in [0.25, 0.3) is 0 Å². The Kier molecular flexibility index (Phi) is 7.30. The van der Waals surface area contributed by atoms with Crippen molar-refractivity contribution in [3.8, 4) is 0 Å². The van der Waals surface area contributed by atoms with E-state index >= 15 is 0 Å². The number of hydrogen-bond acceptors (Lipinski definition) is 4. The Hall–Kier alpha value is -1.20. The van der Waals surface area contributed by atoms with E-state index in [0.29, 0.717) is 0 Å². The van der Waals surface area contributed by atoms with Gasteiger partial charge in [-0.3, -0.25) is 4.90 Å². The molecular weight excluding hydrogens is 314 g/mol. The molecule has 0 atom stereocenters. The zero-order valence-corrected chi connectivity index (χ0v) is 15.3. The van der Waals surface area contributed by atoms with E-state index in [1.54, 1.807) is 11.3 Å². The van der Waals surface area contributed by atoms with Crippen LogP contribution in [0.3, 0.4) is 0 Å². The van der Waals surface area contributed by atoms with Gasteiger partial charge in [0.05, 0.1) is 0 Å². The molecule has 3 rings (SSSR count). The van der Waals surface area contributed by atoms with Crippen molar-refractivity contribution in [1.29, 1.82) is 0 Å². The number of unbranched alkanes of at least 4 members (excludes halogenated alkanes) is 1. The number of piperazine rings is 1. The summed E-state index contributed by atoms with van der Waals surface area (Å²) in [5.41, 5.74) is 2.84. The fourth-order valence-corrected chi connectivity index (χ4v) is 3.89. The second-order valence-electron chi connectivity index (χ2n) is 6.62. The van der Waals surface area contributed by atoms with E-state index in [2.05, 4.69) is 62.3 Å². The maximum atomic E-state index is 3.54. The van der Waals surface area contributed by atoms with Crippen LogP contribution in [0.15, 0.2) is 47.2 Å². The first-order chi connectivity index (χ1) is 11.9. The van der Waals surface area contributed by atoms with Crippen LogP contribution in [-0.4, -0.2) is 49.1 Å². The van der Waals surface area contributed by atoms with E-state index in [-0.39, 0.29) is 0 Å². The van der Waals surface area contributed by atoms with Crippen molar-refractivity contribution < 1.29 is 0 Å². The molecule has 0 aliphatic carbocycles. The first-order valence-corrected chi connectivity index (χ1v) is 10.0. The van der Waals surface area contributed by atoms with E-state index < -0.39 is 0 Å². The average molecular weight is 344 g/mol. The van der Waals surface area contributed by atoms with E-state index in [0.717, 1.165) is 19.6 Å². The molecule has 0 radical (unpaired) electrons. The summed E-state index contributed by atoms with van der Waals surface area (Å²) in [6, 6.07) is 13.0. The zero-order chi connectivity index (χ0) is 16.5. The Balaban J connectivity index is 1.22. The standard InChI is InChI=1S/C20H29N3S/c1-2-6-19(7-3-1)17-23-13-11-22(12-14-23)10-5-4-9-21-16-20-8-15-24-18-20/h1-3,6-8,15,18,21H,4-5,9-14,16-17H2. The normalized spacial score (nSPS) is 16.5. The van der Waals surface area contributed by atoms with Crippen LogP contribution in [0.5, 0.6) is 0 Å². The van der Waals surface area contributed by atoms with Crippen molar-refractivity contribution in [2.24, 2.45) is 0 Å². The van der Waals surface area contributed by atoms with Crippen LogP contribution in [0, 0.1) is 0 Å². The van der Waals surface area contributed by atoms with Gasteiger partial charge in [0.2, 0.25) is 0 Å². The van der Waals surface area contributed by atoms with Crippen LogP contribution >= 0.6 is 11.3 Å². The molecule has 1 aromatic heterocycles. The third kappa shape index (κ3) is 6.02. The maximum Gasteiger partial charge on any atom is 0.0234 e. The molecule has 0 saturated carbocycles. The van der Waals surface area contributed by atoms with E-state index in [9.17, 15) is 0 Å². The molecule has 1 aliphatic heterocycles. The summed E-state index contributed by atoms with van der Waals surface area (Å²) in [5, 5.41) is 7.91. The molecule has 0 unspecified atom stereocenters. The SMILES string of the molecule is c1ccc(CN2CCN(CCCCNCc3ccsc3)CC2)cc1. The zero-order valence-electron chi connectivity index (χ0n) is 14.5. The van der Waals surface area contributed by atoms with Gasteiger partial charge in [-0.15, -0.1) is 0 Å². The predicted molar refractivity (Wildman–Crippen MR) is 103 cm³/mol. The number of thiophene rings is 1. The monoisotopic (exact) mass is 343 g/mol. The Labute approximate surface area is 150 Å². The molecule has 3 nitrogen and oxygen atoms in total. The highest BCUT2D eigenvalue weighted by molar-refractivity contribution is 7.07. The molecule has 0 amide bonds. The van der Waals surface area contributed by atoms with Gasteiger partial charge in [-0.2, -0.15) is 11.3 Å². The molecule has 1 N–H and O–H groups in total. The van der Waals surface area contributed by atoms with Crippen molar-refractivity contribution in [1.82, 2.24) is 15.1 Å². The van der Waals surface area contributed by atoms with Gasteiger partial charge in [0.15, 0.2) is 0 Å². The first kappa shape index (κ1) is 17.6. The summed E-state index contributed by atoms with van der Waals surface area (Å²) >= 11 is 1.78. The second-order valence-corrected chi connectivity index (χ2v) is 7.40. The molecule has 130 valence electrons. The van der Waals surface area contributed by atoms with Crippen molar-refractivity contribution in [2.75, 3.05) is 39.3 Å². The number of rotatable bonds is 9. The smallest absolute Gasteiger partial charge is 0.0234 e. The third-order valence-corrected chi connectivity index (χ3v) is 5.43. The molecule has 1 aliphatic rings. The average Bonchev–Trinajstić information content (AvgIpc) is 3.14. The number of nitrogens with one attached hydrogen (secondary N) is 1. The molecule has 0 spiro atoms. The quantitative estimate of drug-likeness (QED) is 0.704. The van der Waals surface area contributed by atoms with Crippen molar-refractivity contribution in [2.45, 2.75) is 25.9 Å². The van der Waals surface area contributed by atoms with Crippen molar-refractivity contribution in [3.63, 3.8) is 0 Å². The first-order valence-electron chi connectivity index (χ1n) is 9.10. The van der Waals surface area contributed by atoms with Gasteiger partial charge < -0.3 is 10.2 Å². The molecule has 0 bridgehead atoms. The second kappa shape index (κ2) is 9.94. The largest absolute Gasteiger partial charge is 0.313 e. The predicted octanol–water partition coefficient (Wildman–Crippen LogP) is 3.44. The lowest BCUT2D eigenvalue weighted by Crippen LogP contribution is -2.46. The van der Waals surface area contributed by atoms with E-state index in [4.69, 9.17) is 0 Å². The number of nitrogens with zero attached hydrogens (tertiary/aromatic N) is 2. The van der Waals surface area contributed by atoms with Crippen LogP contribution < -0.4 is 5.32 Å². The van der Waals surface area contributed by atoms with Gasteiger partial charge >= 0.3 is 0 Å². The molecular formula is C20H29N3S. The topological polar surface area (TPSA) is 18.5 Å². The fraction of sp³-hybridized carbons (Fsp3) is 0.500. The summed E-state index contributed by atoms with van der Waals surface area (Å²) in [6.07, 6.45) is 2.57. The van der Waals surface area contributed by atoms with Gasteiger partial charge in [0.25, 0.3) is 0 Å². The van der Waals surface area contributed by atoms with Gasteiger partial charge in [-0.1, -0.05) is 30.3 Å². The van der Waals surface area contributed by atoms with E-state index in [1.807, 2.05) is 0 Å². The van der Waals surface area contributed by atoms with Crippen molar-refractivity contribution in [3.05, 3.63) is 58.3 Å². The lowest BCUT2D eigenvalue weighted by Gasteiger charge is -2.34. The van der Waals surface area contributed by atoms with Gasteiger partial charge in [0, 0.05) is 39.3 Å². The van der Waals surface area contributed by atoms with Crippen LogP contribution in [0.1, 0.15) is 24.0 Å². The minimum absolute atomic E-state index is 1.02. The lowest BCUT2D eigenvalue weighted by molar-refractivity contribution is 0.125. The Bertz CT molecular complexity index is 548. The molecule has 2 heterocycles. The van der Waals surface area contributed by atoms with Crippen LogP contribution in [0.4, 0.5) is 0 Å². The summed E-state index contributed by atoms with van der Waals surface area (Å²) in [4.78, 5) is 5.20. The molecule has 24 heavy (non-hydrogen) atoms. The van der Waals surface area contributed by atoms with Crippen LogP contribution in [0.2, 0.25) is 0 Å². The highest BCUT2D eigenvalue weighted by Crippen LogP contribution is 2.09. The molecule has 1 aromatic carbocycles. The fourth-order valence-electron chi connectivity index (χ4n) is 3.22. The van der Waals surface area contributed by atoms with Gasteiger partial charge in [0.1, 0.15) is 0 Å². The third-order valence-electron chi connectivity index (χ3n) is 4.70. The number of hydrogen-bond donors (Lipinski definition) is 1. The minimum Gasteiger partial charge on any atom is -0.313 e. The minimum atomic E-state index is 1.02.